The van der Waals surface area contributed by atoms with Gasteiger partial charge in [0.25, 0.3) is 0 Å². The van der Waals surface area contributed by atoms with Gasteiger partial charge in [-0.3, -0.25) is 4.79 Å². The van der Waals surface area contributed by atoms with E-state index < -0.39 is 0 Å². The molecule has 3 heteroatoms. The van der Waals surface area contributed by atoms with Crippen LogP contribution in [-0.4, -0.2) is 16.8 Å². The summed E-state index contributed by atoms with van der Waals surface area (Å²) < 4.78 is 0. The maximum atomic E-state index is 11.7. The number of alkyl halides is 1. The van der Waals surface area contributed by atoms with E-state index in [4.69, 9.17) is 0 Å². The van der Waals surface area contributed by atoms with E-state index in [1.54, 1.807) is 0 Å². The third kappa shape index (κ3) is 2.81. The van der Waals surface area contributed by atoms with Crippen LogP contribution in [-0.2, 0) is 11.2 Å². The van der Waals surface area contributed by atoms with E-state index in [-0.39, 0.29) is 11.4 Å². The Bertz CT molecular complexity index is 346. The number of halogens is 1. The molecular weight excluding hydrogens is 254 g/mol. The van der Waals surface area contributed by atoms with Gasteiger partial charge in [-0.2, -0.15) is 0 Å². The summed E-state index contributed by atoms with van der Waals surface area (Å²) >= 11 is 3.43. The Morgan fingerprint density at radius 2 is 2.00 bits per heavy atom. The zero-order chi connectivity index (χ0) is 10.7. The molecule has 2 nitrogen and oxygen atoms in total. The molecule has 1 saturated carbocycles. The second-order valence-corrected chi connectivity index (χ2v) is 4.69. The van der Waals surface area contributed by atoms with Crippen molar-refractivity contribution in [3.8, 4) is 0 Å². The molecule has 0 atom stereocenters. The van der Waals surface area contributed by atoms with Gasteiger partial charge in [-0.15, -0.1) is 0 Å². The van der Waals surface area contributed by atoms with E-state index in [0.717, 1.165) is 23.7 Å². The summed E-state index contributed by atoms with van der Waals surface area (Å²) in [6.07, 6.45) is 2.67. The molecule has 1 aromatic carbocycles. The highest BCUT2D eigenvalue weighted by molar-refractivity contribution is 9.09. The highest BCUT2D eigenvalue weighted by Gasteiger charge is 2.42. The molecule has 0 heterocycles. The van der Waals surface area contributed by atoms with Gasteiger partial charge in [0.15, 0.2) is 0 Å². The standard InChI is InChI=1S/C12H14BrNO/c13-9-12(6-7-12)14-11(15)8-10-4-2-1-3-5-10/h1-5H,6-9H2,(H,14,15). The summed E-state index contributed by atoms with van der Waals surface area (Å²) in [5.74, 6) is 0.123. The summed E-state index contributed by atoms with van der Waals surface area (Å²) in [4.78, 5) is 11.7. The Kier molecular flexibility index (Phi) is 3.10. The lowest BCUT2D eigenvalue weighted by Gasteiger charge is -2.13. The molecule has 0 radical (unpaired) electrons. The van der Waals surface area contributed by atoms with Gasteiger partial charge in [0, 0.05) is 10.9 Å². The molecule has 0 saturated heterocycles. The van der Waals surface area contributed by atoms with E-state index in [2.05, 4.69) is 21.2 Å². The van der Waals surface area contributed by atoms with Crippen molar-refractivity contribution in [3.63, 3.8) is 0 Å². The predicted octanol–water partition coefficient (Wildman–Crippen LogP) is 2.27. The maximum absolute atomic E-state index is 11.7. The number of rotatable bonds is 4. The highest BCUT2D eigenvalue weighted by Crippen LogP contribution is 2.36. The van der Waals surface area contributed by atoms with Gasteiger partial charge in [-0.1, -0.05) is 46.3 Å². The van der Waals surface area contributed by atoms with Crippen molar-refractivity contribution in [2.45, 2.75) is 24.8 Å². The number of benzene rings is 1. The second kappa shape index (κ2) is 4.35. The summed E-state index contributed by atoms with van der Waals surface area (Å²) in [6, 6.07) is 9.84. The first-order valence-corrected chi connectivity index (χ1v) is 6.27. The smallest absolute Gasteiger partial charge is 0.224 e. The topological polar surface area (TPSA) is 29.1 Å². The number of hydrogen-bond acceptors (Lipinski definition) is 1. The van der Waals surface area contributed by atoms with E-state index in [0.29, 0.717) is 6.42 Å². The van der Waals surface area contributed by atoms with Crippen LogP contribution >= 0.6 is 15.9 Å². The summed E-state index contributed by atoms with van der Waals surface area (Å²) in [7, 11) is 0. The SMILES string of the molecule is O=C(Cc1ccccc1)NC1(CBr)CC1. The predicted molar refractivity (Wildman–Crippen MR) is 64.0 cm³/mol. The van der Waals surface area contributed by atoms with E-state index in [9.17, 15) is 4.79 Å². The van der Waals surface area contributed by atoms with Crippen molar-refractivity contribution in [1.29, 1.82) is 0 Å². The van der Waals surface area contributed by atoms with Crippen molar-refractivity contribution in [1.82, 2.24) is 5.32 Å². The van der Waals surface area contributed by atoms with E-state index >= 15 is 0 Å². The maximum Gasteiger partial charge on any atom is 0.224 e. The Labute approximate surface area is 98.2 Å². The average Bonchev–Trinajstić information content (AvgIpc) is 3.00. The van der Waals surface area contributed by atoms with Crippen molar-refractivity contribution in [2.75, 3.05) is 5.33 Å². The van der Waals surface area contributed by atoms with Crippen LogP contribution in [0.2, 0.25) is 0 Å². The molecular formula is C12H14BrNO. The molecule has 0 aliphatic heterocycles. The van der Waals surface area contributed by atoms with Gasteiger partial charge in [0.2, 0.25) is 5.91 Å². The molecule has 2 rings (SSSR count). The molecule has 1 N–H and O–H groups in total. The molecule has 1 fully saturated rings. The van der Waals surface area contributed by atoms with E-state index in [1.807, 2.05) is 30.3 Å². The summed E-state index contributed by atoms with van der Waals surface area (Å²) in [5.41, 5.74) is 1.13. The van der Waals surface area contributed by atoms with Crippen LogP contribution in [0.25, 0.3) is 0 Å². The van der Waals surface area contributed by atoms with Crippen LogP contribution in [0.1, 0.15) is 18.4 Å². The van der Waals surface area contributed by atoms with Crippen LogP contribution < -0.4 is 5.32 Å². The van der Waals surface area contributed by atoms with Gasteiger partial charge in [-0.25, -0.2) is 0 Å². The first-order chi connectivity index (χ1) is 7.24. The molecule has 1 amide bonds. The van der Waals surface area contributed by atoms with Crippen LogP contribution in [0.4, 0.5) is 0 Å². The van der Waals surface area contributed by atoms with Crippen molar-refractivity contribution < 1.29 is 4.79 Å². The van der Waals surface area contributed by atoms with E-state index in [1.165, 1.54) is 0 Å². The van der Waals surface area contributed by atoms with Crippen LogP contribution in [0.15, 0.2) is 30.3 Å². The Morgan fingerprint density at radius 1 is 1.33 bits per heavy atom. The number of amides is 1. The van der Waals surface area contributed by atoms with Gasteiger partial charge >= 0.3 is 0 Å². The van der Waals surface area contributed by atoms with Crippen molar-refractivity contribution in [3.05, 3.63) is 35.9 Å². The molecule has 0 spiro atoms. The van der Waals surface area contributed by atoms with Gasteiger partial charge in [-0.05, 0) is 18.4 Å². The molecule has 0 aromatic heterocycles. The largest absolute Gasteiger partial charge is 0.350 e. The third-order valence-electron chi connectivity index (χ3n) is 2.72. The van der Waals surface area contributed by atoms with Crippen LogP contribution in [0.5, 0.6) is 0 Å². The van der Waals surface area contributed by atoms with Crippen LogP contribution in [0.3, 0.4) is 0 Å². The Balaban J connectivity index is 1.88. The highest BCUT2D eigenvalue weighted by atomic mass is 79.9. The number of carbonyl (C=O) groups is 1. The molecule has 1 aromatic rings. The monoisotopic (exact) mass is 267 g/mol. The molecule has 0 unspecified atom stereocenters. The normalized spacial score (nSPS) is 17.1. The first-order valence-electron chi connectivity index (χ1n) is 5.15. The fraction of sp³-hybridized carbons (Fsp3) is 0.417. The molecule has 1 aliphatic rings. The lowest BCUT2D eigenvalue weighted by atomic mass is 10.1. The molecule has 15 heavy (non-hydrogen) atoms. The molecule has 1 aliphatic carbocycles. The Morgan fingerprint density at radius 3 is 2.53 bits per heavy atom. The van der Waals surface area contributed by atoms with Crippen molar-refractivity contribution in [2.24, 2.45) is 0 Å². The van der Waals surface area contributed by atoms with Crippen LogP contribution in [0, 0.1) is 0 Å². The Hall–Kier alpha value is -0.830. The first kappa shape index (κ1) is 10.7. The fourth-order valence-electron chi connectivity index (χ4n) is 1.56. The number of nitrogens with one attached hydrogen (secondary N) is 1. The average molecular weight is 268 g/mol. The summed E-state index contributed by atoms with van der Waals surface area (Å²) in [5, 5.41) is 3.94. The zero-order valence-electron chi connectivity index (χ0n) is 8.50. The van der Waals surface area contributed by atoms with Gasteiger partial charge in [0.05, 0.1) is 6.42 Å². The fourth-order valence-corrected chi connectivity index (χ4v) is 2.27. The quantitative estimate of drug-likeness (QED) is 0.834. The molecule has 0 bridgehead atoms. The third-order valence-corrected chi connectivity index (χ3v) is 3.79. The lowest BCUT2D eigenvalue weighted by molar-refractivity contribution is -0.121. The van der Waals surface area contributed by atoms with Gasteiger partial charge in [0.1, 0.15) is 0 Å². The summed E-state index contributed by atoms with van der Waals surface area (Å²) in [6.45, 7) is 0. The minimum Gasteiger partial charge on any atom is -0.350 e. The van der Waals surface area contributed by atoms with Gasteiger partial charge < -0.3 is 5.32 Å². The lowest BCUT2D eigenvalue weighted by Crippen LogP contribution is -2.38. The molecule has 80 valence electrons. The zero-order valence-corrected chi connectivity index (χ0v) is 10.1. The second-order valence-electron chi connectivity index (χ2n) is 4.12. The number of hydrogen-bond donors (Lipinski definition) is 1. The minimum absolute atomic E-state index is 0.0614. The minimum atomic E-state index is 0.0614. The van der Waals surface area contributed by atoms with Crippen molar-refractivity contribution >= 4 is 21.8 Å². The number of carbonyl (C=O) groups excluding carboxylic acids is 1.